The van der Waals surface area contributed by atoms with Crippen LogP contribution in [0.3, 0.4) is 0 Å². The van der Waals surface area contributed by atoms with E-state index < -0.39 is 26.7 Å². The highest BCUT2D eigenvalue weighted by molar-refractivity contribution is 9.10. The van der Waals surface area contributed by atoms with Gasteiger partial charge in [0, 0.05) is 12.4 Å². The Morgan fingerprint density at radius 3 is 2.74 bits per heavy atom. The second-order valence-corrected chi connectivity index (χ2v) is 6.94. The number of carbonyl (C=O) groups is 1. The number of hydrogen-bond donors (Lipinski definition) is 1. The molecule has 2 aromatic rings. The Balaban J connectivity index is 2.16. The Bertz CT molecular complexity index is 851. The van der Waals surface area contributed by atoms with Gasteiger partial charge in [-0.1, -0.05) is 0 Å². The fourth-order valence-electron chi connectivity index (χ4n) is 1.87. The van der Waals surface area contributed by atoms with Crippen molar-refractivity contribution in [1.29, 1.82) is 0 Å². The molecule has 0 saturated heterocycles. The van der Waals surface area contributed by atoms with Crippen LogP contribution in [0.15, 0.2) is 33.9 Å². The second kappa shape index (κ2) is 6.77. The van der Waals surface area contributed by atoms with Crippen molar-refractivity contribution in [2.45, 2.75) is 18.4 Å². The number of esters is 1. The van der Waals surface area contributed by atoms with Crippen LogP contribution in [0.1, 0.15) is 16.2 Å². The van der Waals surface area contributed by atoms with Crippen LogP contribution in [0.4, 0.5) is 4.39 Å². The molecule has 0 radical (unpaired) electrons. The first kappa shape index (κ1) is 17.6. The van der Waals surface area contributed by atoms with E-state index in [-0.39, 0.29) is 16.6 Å². The average Bonchev–Trinajstić information content (AvgIpc) is 2.85. The summed E-state index contributed by atoms with van der Waals surface area (Å²) >= 11 is 2.95. The van der Waals surface area contributed by atoms with Gasteiger partial charge in [0.05, 0.1) is 21.5 Å². The van der Waals surface area contributed by atoms with Crippen molar-refractivity contribution in [2.75, 3.05) is 6.61 Å². The summed E-state index contributed by atoms with van der Waals surface area (Å²) in [7, 11) is -4.18. The maximum absolute atomic E-state index is 13.5. The summed E-state index contributed by atoms with van der Waals surface area (Å²) in [6.07, 6.45) is 3.33. The minimum atomic E-state index is -4.18. The lowest BCUT2D eigenvalue weighted by atomic mass is 10.2. The summed E-state index contributed by atoms with van der Waals surface area (Å²) in [5.41, 5.74) is -0.253. The molecule has 0 aliphatic heterocycles. The maximum Gasteiger partial charge on any atom is 0.339 e. The summed E-state index contributed by atoms with van der Waals surface area (Å²) in [5.74, 6) is -1.02. The summed E-state index contributed by atoms with van der Waals surface area (Å²) in [5, 5.41) is 4.99. The summed E-state index contributed by atoms with van der Waals surface area (Å²) in [6, 6.07) is 1.61. The number of nitrogens with zero attached hydrogens (tertiary/aromatic N) is 2. The number of benzene rings is 1. The largest absolute Gasteiger partial charge is 0.460 e. The van der Waals surface area contributed by atoms with Crippen molar-refractivity contribution in [3.8, 4) is 0 Å². The number of hydrogen-bond acceptors (Lipinski definition) is 5. The monoisotopic (exact) mass is 405 g/mol. The number of aromatic nitrogens is 2. The maximum atomic E-state index is 13.5. The molecule has 1 aromatic carbocycles. The highest BCUT2D eigenvalue weighted by atomic mass is 79.9. The SMILES string of the molecule is Cc1nccn1CCOC(=O)c1cc(F)cc(S(N)(=O)=O)c1Br. The first-order chi connectivity index (χ1) is 10.7. The zero-order valence-electron chi connectivity index (χ0n) is 12.0. The zero-order chi connectivity index (χ0) is 17.2. The fourth-order valence-corrected chi connectivity index (χ4v) is 3.58. The van der Waals surface area contributed by atoms with Gasteiger partial charge in [0.15, 0.2) is 0 Å². The van der Waals surface area contributed by atoms with Crippen molar-refractivity contribution in [1.82, 2.24) is 9.55 Å². The average molecular weight is 406 g/mol. The topological polar surface area (TPSA) is 104 Å². The lowest BCUT2D eigenvalue weighted by Crippen LogP contribution is -2.17. The highest BCUT2D eigenvalue weighted by Gasteiger charge is 2.22. The molecular weight excluding hydrogens is 393 g/mol. The number of primary sulfonamides is 1. The molecule has 2 N–H and O–H groups in total. The number of carbonyl (C=O) groups excluding carboxylic acids is 1. The van der Waals surface area contributed by atoms with Gasteiger partial charge in [-0.2, -0.15) is 0 Å². The molecule has 0 fully saturated rings. The first-order valence-corrected chi connectivity index (χ1v) is 8.71. The zero-order valence-corrected chi connectivity index (χ0v) is 14.4. The molecule has 0 bridgehead atoms. The summed E-state index contributed by atoms with van der Waals surface area (Å²) in [4.78, 5) is 15.5. The van der Waals surface area contributed by atoms with Gasteiger partial charge in [-0.05, 0) is 35.0 Å². The van der Waals surface area contributed by atoms with Gasteiger partial charge in [0.2, 0.25) is 10.0 Å². The van der Waals surface area contributed by atoms with Gasteiger partial charge in [-0.3, -0.25) is 0 Å². The van der Waals surface area contributed by atoms with Crippen LogP contribution in [0.5, 0.6) is 0 Å². The minimum absolute atomic E-state index is 0.0176. The number of ether oxygens (including phenoxy) is 1. The van der Waals surface area contributed by atoms with Gasteiger partial charge < -0.3 is 9.30 Å². The number of halogens is 2. The van der Waals surface area contributed by atoms with Crippen LogP contribution in [0, 0.1) is 12.7 Å². The number of aryl methyl sites for hydroxylation is 1. The number of sulfonamides is 1. The molecular formula is C13H13BrFN3O4S. The normalized spacial score (nSPS) is 11.5. The minimum Gasteiger partial charge on any atom is -0.460 e. The van der Waals surface area contributed by atoms with Crippen LogP contribution < -0.4 is 5.14 Å². The molecule has 0 unspecified atom stereocenters. The predicted molar refractivity (Wildman–Crippen MR) is 82.7 cm³/mol. The molecule has 0 amide bonds. The second-order valence-electron chi connectivity index (χ2n) is 4.61. The molecule has 7 nitrogen and oxygen atoms in total. The van der Waals surface area contributed by atoms with E-state index >= 15 is 0 Å². The Kier molecular flexibility index (Phi) is 5.17. The van der Waals surface area contributed by atoms with Crippen molar-refractivity contribution >= 4 is 31.9 Å². The van der Waals surface area contributed by atoms with E-state index in [0.29, 0.717) is 6.54 Å². The van der Waals surface area contributed by atoms with Crippen LogP contribution in [-0.4, -0.2) is 30.5 Å². The number of rotatable bonds is 5. The van der Waals surface area contributed by atoms with Gasteiger partial charge in [0.1, 0.15) is 18.2 Å². The highest BCUT2D eigenvalue weighted by Crippen LogP contribution is 2.27. The molecule has 0 saturated carbocycles. The van der Waals surface area contributed by atoms with Gasteiger partial charge >= 0.3 is 5.97 Å². The predicted octanol–water partition coefficient (Wildman–Crippen LogP) is 1.60. The van der Waals surface area contributed by atoms with E-state index in [1.807, 2.05) is 0 Å². The Morgan fingerprint density at radius 2 is 2.17 bits per heavy atom. The molecule has 2 rings (SSSR count). The van der Waals surface area contributed by atoms with E-state index in [1.54, 1.807) is 23.9 Å². The van der Waals surface area contributed by atoms with Gasteiger partial charge in [0.25, 0.3) is 0 Å². The van der Waals surface area contributed by atoms with E-state index in [0.717, 1.165) is 18.0 Å². The van der Waals surface area contributed by atoms with Crippen LogP contribution >= 0.6 is 15.9 Å². The van der Waals surface area contributed by atoms with Crippen LogP contribution in [-0.2, 0) is 21.3 Å². The molecule has 124 valence electrons. The quantitative estimate of drug-likeness (QED) is 0.760. The van der Waals surface area contributed by atoms with E-state index in [2.05, 4.69) is 20.9 Å². The molecule has 0 atom stereocenters. The van der Waals surface area contributed by atoms with E-state index in [9.17, 15) is 17.6 Å². The van der Waals surface area contributed by atoms with E-state index in [1.165, 1.54) is 0 Å². The van der Waals surface area contributed by atoms with Crippen LogP contribution in [0.25, 0.3) is 0 Å². The van der Waals surface area contributed by atoms with Crippen molar-refractivity contribution in [2.24, 2.45) is 5.14 Å². The Hall–Kier alpha value is -1.78. The molecule has 23 heavy (non-hydrogen) atoms. The smallest absolute Gasteiger partial charge is 0.339 e. The van der Waals surface area contributed by atoms with Crippen molar-refractivity contribution in [3.63, 3.8) is 0 Å². The Labute approximate surface area is 140 Å². The van der Waals surface area contributed by atoms with Crippen molar-refractivity contribution < 1.29 is 22.3 Å². The molecule has 1 aromatic heterocycles. The molecule has 0 spiro atoms. The van der Waals surface area contributed by atoms with Gasteiger partial charge in [-0.15, -0.1) is 0 Å². The molecule has 0 aliphatic carbocycles. The third kappa shape index (κ3) is 4.15. The third-order valence-electron chi connectivity index (χ3n) is 3.02. The number of nitrogens with two attached hydrogens (primary N) is 1. The molecule has 1 heterocycles. The van der Waals surface area contributed by atoms with E-state index in [4.69, 9.17) is 9.88 Å². The summed E-state index contributed by atoms with van der Waals surface area (Å²) < 4.78 is 43.0. The van der Waals surface area contributed by atoms with Gasteiger partial charge in [-0.25, -0.2) is 27.7 Å². The Morgan fingerprint density at radius 1 is 1.48 bits per heavy atom. The van der Waals surface area contributed by atoms with Crippen LogP contribution in [0.2, 0.25) is 0 Å². The summed E-state index contributed by atoms with van der Waals surface area (Å²) in [6.45, 7) is 2.18. The number of imidazole rings is 1. The fraction of sp³-hybridized carbons (Fsp3) is 0.231. The third-order valence-corrected chi connectivity index (χ3v) is 5.07. The standard InChI is InChI=1S/C13H13BrFN3O4S/c1-8-17-2-3-18(8)4-5-22-13(19)10-6-9(15)7-11(12(10)14)23(16,20)21/h2-3,6-7H,4-5H2,1H3,(H2,16,20,21). The van der Waals surface area contributed by atoms with Crippen molar-refractivity contribution in [3.05, 3.63) is 46.2 Å². The lowest BCUT2D eigenvalue weighted by Gasteiger charge is -2.10. The molecule has 10 heteroatoms. The first-order valence-electron chi connectivity index (χ1n) is 6.37. The molecule has 0 aliphatic rings. The lowest BCUT2D eigenvalue weighted by molar-refractivity contribution is 0.0488.